The Morgan fingerprint density at radius 1 is 0.720 bits per heavy atom. The number of rotatable bonds is 6. The van der Waals surface area contributed by atoms with Crippen molar-refractivity contribution >= 4 is 0 Å². The fourth-order valence-electron chi connectivity index (χ4n) is 3.01. The molecule has 0 aliphatic heterocycles. The van der Waals surface area contributed by atoms with Crippen molar-refractivity contribution in [3.05, 3.63) is 96.1 Å². The minimum Gasteiger partial charge on any atom is -0.493 e. The molecule has 0 radical (unpaired) electrons. The van der Waals surface area contributed by atoms with E-state index in [1.807, 2.05) is 91.9 Å². The molecule has 3 aromatic rings. The van der Waals surface area contributed by atoms with Crippen LogP contribution in [0.3, 0.4) is 0 Å². The molecule has 0 bridgehead atoms. The summed E-state index contributed by atoms with van der Waals surface area (Å²) in [6.07, 6.45) is -0.534. The van der Waals surface area contributed by atoms with Crippen molar-refractivity contribution in [3.63, 3.8) is 0 Å². The third kappa shape index (κ3) is 3.37. The lowest BCUT2D eigenvalue weighted by Crippen LogP contribution is -2.42. The van der Waals surface area contributed by atoms with Gasteiger partial charge in [-0.25, -0.2) is 0 Å². The first-order valence-corrected chi connectivity index (χ1v) is 8.29. The molecule has 0 aliphatic rings. The van der Waals surface area contributed by atoms with Crippen LogP contribution in [0, 0.1) is 0 Å². The Kier molecular flexibility index (Phi) is 5.05. The molecule has 3 aromatic carbocycles. The highest BCUT2D eigenvalue weighted by molar-refractivity contribution is 5.42. The Morgan fingerprint density at radius 3 is 1.64 bits per heavy atom. The molecule has 3 rings (SSSR count). The summed E-state index contributed by atoms with van der Waals surface area (Å²) < 4.78 is 11.5. The number of hydrogen-bond donors (Lipinski definition) is 1. The lowest BCUT2D eigenvalue weighted by atomic mass is 9.82. The van der Waals surface area contributed by atoms with Crippen LogP contribution in [-0.2, 0) is 5.60 Å². The topological polar surface area (TPSA) is 38.7 Å². The summed E-state index contributed by atoms with van der Waals surface area (Å²) in [6, 6.07) is 26.6. The molecule has 128 valence electrons. The van der Waals surface area contributed by atoms with Gasteiger partial charge in [0.05, 0.1) is 7.11 Å². The van der Waals surface area contributed by atoms with Crippen molar-refractivity contribution in [3.8, 4) is 11.5 Å². The SMILES string of the molecule is COc1ccccc1O[C@H](C)C(O)(c1ccccc1)c1ccccc1. The molecular formula is C22H22O3. The maximum absolute atomic E-state index is 11.7. The number of hydrogen-bond acceptors (Lipinski definition) is 3. The predicted octanol–water partition coefficient (Wildman–Crippen LogP) is 4.40. The summed E-state index contributed by atoms with van der Waals surface area (Å²) in [5.74, 6) is 1.24. The fourth-order valence-corrected chi connectivity index (χ4v) is 3.01. The van der Waals surface area contributed by atoms with Gasteiger partial charge in [0, 0.05) is 0 Å². The molecule has 0 fully saturated rings. The first kappa shape index (κ1) is 17.1. The Hall–Kier alpha value is -2.78. The van der Waals surface area contributed by atoms with Gasteiger partial charge < -0.3 is 14.6 Å². The highest BCUT2D eigenvalue weighted by atomic mass is 16.5. The van der Waals surface area contributed by atoms with Gasteiger partial charge in [0.15, 0.2) is 17.1 Å². The summed E-state index contributed by atoms with van der Waals surface area (Å²) in [5.41, 5.74) is 0.274. The smallest absolute Gasteiger partial charge is 0.161 e. The molecule has 0 aromatic heterocycles. The lowest BCUT2D eigenvalue weighted by Gasteiger charge is -2.35. The monoisotopic (exact) mass is 334 g/mol. The first-order chi connectivity index (χ1) is 12.2. The Balaban J connectivity index is 2.03. The van der Waals surface area contributed by atoms with E-state index in [-0.39, 0.29) is 0 Å². The Morgan fingerprint density at radius 2 is 1.16 bits per heavy atom. The predicted molar refractivity (Wildman–Crippen MR) is 99.0 cm³/mol. The van der Waals surface area contributed by atoms with E-state index in [0.29, 0.717) is 11.5 Å². The van der Waals surface area contributed by atoms with Crippen LogP contribution in [0.25, 0.3) is 0 Å². The van der Waals surface area contributed by atoms with Crippen LogP contribution in [0.2, 0.25) is 0 Å². The van der Waals surface area contributed by atoms with E-state index in [4.69, 9.17) is 9.47 Å². The Bertz CT molecular complexity index is 760. The number of benzene rings is 3. The second kappa shape index (κ2) is 7.41. The lowest BCUT2D eigenvalue weighted by molar-refractivity contribution is -0.0267. The normalized spacial score (nSPS) is 12.4. The van der Waals surface area contributed by atoms with Crippen molar-refractivity contribution in [2.24, 2.45) is 0 Å². The summed E-state index contributed by atoms with van der Waals surface area (Å²) in [5, 5.41) is 11.7. The molecular weight excluding hydrogens is 312 g/mol. The van der Waals surface area contributed by atoms with Crippen LogP contribution in [0.4, 0.5) is 0 Å². The molecule has 0 unspecified atom stereocenters. The first-order valence-electron chi connectivity index (χ1n) is 8.29. The number of methoxy groups -OCH3 is 1. The maximum atomic E-state index is 11.7. The van der Waals surface area contributed by atoms with Crippen LogP contribution in [-0.4, -0.2) is 18.3 Å². The van der Waals surface area contributed by atoms with E-state index in [2.05, 4.69) is 0 Å². The van der Waals surface area contributed by atoms with Crippen molar-refractivity contribution in [2.75, 3.05) is 7.11 Å². The van der Waals surface area contributed by atoms with Gasteiger partial charge in [0.1, 0.15) is 6.10 Å². The molecule has 0 spiro atoms. The molecule has 0 heterocycles. The van der Waals surface area contributed by atoms with E-state index in [1.165, 1.54) is 0 Å². The molecule has 0 saturated heterocycles. The second-order valence-corrected chi connectivity index (χ2v) is 5.91. The molecule has 0 aliphatic carbocycles. The minimum atomic E-state index is -1.29. The molecule has 3 heteroatoms. The summed E-state index contributed by atoms with van der Waals surface area (Å²) in [4.78, 5) is 0. The number of ether oxygens (including phenoxy) is 2. The molecule has 0 amide bonds. The zero-order valence-electron chi connectivity index (χ0n) is 14.4. The van der Waals surface area contributed by atoms with Gasteiger partial charge >= 0.3 is 0 Å². The minimum absolute atomic E-state index is 0.534. The highest BCUT2D eigenvalue weighted by Gasteiger charge is 2.39. The Labute approximate surface area is 148 Å². The third-order valence-electron chi connectivity index (χ3n) is 4.39. The molecule has 1 N–H and O–H groups in total. The van der Waals surface area contributed by atoms with E-state index in [0.717, 1.165) is 11.1 Å². The van der Waals surface area contributed by atoms with E-state index >= 15 is 0 Å². The molecule has 1 atom stereocenters. The van der Waals surface area contributed by atoms with Crippen LogP contribution >= 0.6 is 0 Å². The standard InChI is InChI=1S/C22H22O3/c1-17(25-21-16-10-9-15-20(21)24-2)22(23,18-11-5-3-6-12-18)19-13-7-4-8-14-19/h3-17,23H,1-2H3/t17-/m1/s1. The average molecular weight is 334 g/mol. The van der Waals surface area contributed by atoms with Crippen LogP contribution in [0.1, 0.15) is 18.1 Å². The van der Waals surface area contributed by atoms with Crippen molar-refractivity contribution in [1.82, 2.24) is 0 Å². The quantitative estimate of drug-likeness (QED) is 0.726. The van der Waals surface area contributed by atoms with E-state index in [1.54, 1.807) is 7.11 Å². The largest absolute Gasteiger partial charge is 0.493 e. The van der Waals surface area contributed by atoms with Gasteiger partial charge in [-0.15, -0.1) is 0 Å². The summed E-state index contributed by atoms with van der Waals surface area (Å²) in [6.45, 7) is 1.87. The average Bonchev–Trinajstić information content (AvgIpc) is 2.69. The third-order valence-corrected chi connectivity index (χ3v) is 4.39. The van der Waals surface area contributed by atoms with Gasteiger partial charge in [0.25, 0.3) is 0 Å². The molecule has 25 heavy (non-hydrogen) atoms. The number of para-hydroxylation sites is 2. The van der Waals surface area contributed by atoms with Gasteiger partial charge in [-0.3, -0.25) is 0 Å². The van der Waals surface area contributed by atoms with Gasteiger partial charge in [-0.05, 0) is 30.2 Å². The van der Waals surface area contributed by atoms with Crippen molar-refractivity contribution in [1.29, 1.82) is 0 Å². The van der Waals surface area contributed by atoms with Crippen molar-refractivity contribution < 1.29 is 14.6 Å². The number of aliphatic hydroxyl groups is 1. The molecule has 3 nitrogen and oxygen atoms in total. The zero-order valence-corrected chi connectivity index (χ0v) is 14.4. The van der Waals surface area contributed by atoms with Crippen LogP contribution in [0.5, 0.6) is 11.5 Å². The summed E-state index contributed by atoms with van der Waals surface area (Å²) >= 11 is 0. The highest BCUT2D eigenvalue weighted by Crippen LogP contribution is 2.37. The zero-order chi connectivity index (χ0) is 17.7. The van der Waals surface area contributed by atoms with Crippen LogP contribution in [0.15, 0.2) is 84.9 Å². The fraction of sp³-hybridized carbons (Fsp3) is 0.182. The van der Waals surface area contributed by atoms with Gasteiger partial charge in [-0.2, -0.15) is 0 Å². The molecule has 0 saturated carbocycles. The second-order valence-electron chi connectivity index (χ2n) is 5.91. The van der Waals surface area contributed by atoms with Gasteiger partial charge in [0.2, 0.25) is 0 Å². The van der Waals surface area contributed by atoms with Gasteiger partial charge in [-0.1, -0.05) is 72.8 Å². The summed E-state index contributed by atoms with van der Waals surface area (Å²) in [7, 11) is 1.60. The van der Waals surface area contributed by atoms with Crippen molar-refractivity contribution in [2.45, 2.75) is 18.6 Å². The van der Waals surface area contributed by atoms with E-state index < -0.39 is 11.7 Å². The van der Waals surface area contributed by atoms with E-state index in [9.17, 15) is 5.11 Å². The van der Waals surface area contributed by atoms with Crippen LogP contribution < -0.4 is 9.47 Å². The maximum Gasteiger partial charge on any atom is 0.161 e.